The molecule has 2 aromatic carbocycles. The number of alkyl halides is 4. The van der Waals surface area contributed by atoms with E-state index in [2.05, 4.69) is 59.9 Å². The fourth-order valence-corrected chi connectivity index (χ4v) is 3.22. The SMILES string of the molecule is CCc1ccc(-c2ccc(OC(F)F)cc2)nc1.CCc1ccc(Br)nc1.O[B]Oc1ccc(OC(F)F)cc1. The molecule has 0 unspecified atom stereocenters. The fraction of sp³-hybridized carbons (Fsp3) is 0.214. The van der Waals surface area contributed by atoms with Crippen molar-refractivity contribution < 1.29 is 36.7 Å². The molecule has 40 heavy (non-hydrogen) atoms. The van der Waals surface area contributed by atoms with Gasteiger partial charge >= 0.3 is 20.9 Å². The quantitative estimate of drug-likeness (QED) is 0.118. The second kappa shape index (κ2) is 17.9. The molecule has 4 rings (SSSR count). The van der Waals surface area contributed by atoms with E-state index >= 15 is 0 Å². The molecule has 0 atom stereocenters. The predicted octanol–water partition coefficient (Wildman–Crippen LogP) is 7.51. The highest BCUT2D eigenvalue weighted by Crippen LogP contribution is 2.22. The van der Waals surface area contributed by atoms with Gasteiger partial charge < -0.3 is 19.2 Å². The third-order valence-corrected chi connectivity index (χ3v) is 5.51. The molecule has 12 heteroatoms. The van der Waals surface area contributed by atoms with Crippen LogP contribution in [0.2, 0.25) is 0 Å². The molecule has 1 N–H and O–H groups in total. The van der Waals surface area contributed by atoms with Crippen LogP contribution in [0.5, 0.6) is 17.2 Å². The largest absolute Gasteiger partial charge is 0.569 e. The first-order chi connectivity index (χ1) is 19.2. The number of halogens is 5. The molecule has 0 aliphatic carbocycles. The molecule has 0 saturated carbocycles. The van der Waals surface area contributed by atoms with E-state index in [-0.39, 0.29) is 11.5 Å². The zero-order valence-corrected chi connectivity index (χ0v) is 23.3. The summed E-state index contributed by atoms with van der Waals surface area (Å²) in [6, 6.07) is 19.8. The van der Waals surface area contributed by atoms with Gasteiger partial charge in [0.05, 0.1) is 5.69 Å². The van der Waals surface area contributed by atoms with Gasteiger partial charge in [0.2, 0.25) is 0 Å². The van der Waals surface area contributed by atoms with Gasteiger partial charge in [0.1, 0.15) is 21.9 Å². The highest BCUT2D eigenvalue weighted by molar-refractivity contribution is 9.10. The maximum Gasteiger partial charge on any atom is 0.569 e. The Morgan fingerprint density at radius 2 is 1.18 bits per heavy atom. The van der Waals surface area contributed by atoms with Gasteiger partial charge in [0, 0.05) is 18.0 Å². The standard InChI is InChI=1S/C14H13F2NO.C7H6BF2O3.C7H8BrN/c1-2-10-3-8-13(17-9-10)11-4-6-12(7-5-11)18-14(15)16;9-7(10)12-5-1-3-6(4-2-5)13-8-11;1-2-6-3-4-7(8)9-5-6/h3-9,14H,2H2,1H3;1-4,7,11H;3-5H,2H2,1H3. The summed E-state index contributed by atoms with van der Waals surface area (Å²) in [5.74, 6) is 0.531. The molecule has 0 fully saturated rings. The Labute approximate surface area is 239 Å². The van der Waals surface area contributed by atoms with Crippen molar-refractivity contribution >= 4 is 23.6 Å². The van der Waals surface area contributed by atoms with Crippen LogP contribution in [-0.4, -0.2) is 35.9 Å². The van der Waals surface area contributed by atoms with Crippen molar-refractivity contribution in [3.8, 4) is 28.5 Å². The van der Waals surface area contributed by atoms with Crippen molar-refractivity contribution in [1.29, 1.82) is 0 Å². The molecule has 0 saturated heterocycles. The first kappa shape index (κ1) is 32.6. The second-order valence-electron chi connectivity index (χ2n) is 7.72. The zero-order chi connectivity index (χ0) is 29.3. The first-order valence-corrected chi connectivity index (χ1v) is 12.8. The van der Waals surface area contributed by atoms with Crippen molar-refractivity contribution in [1.82, 2.24) is 9.97 Å². The summed E-state index contributed by atoms with van der Waals surface area (Å²) in [7, 11) is 0.503. The van der Waals surface area contributed by atoms with Crippen molar-refractivity contribution in [3.63, 3.8) is 0 Å². The number of aromatic nitrogens is 2. The van der Waals surface area contributed by atoms with Crippen molar-refractivity contribution in [2.45, 2.75) is 39.9 Å². The van der Waals surface area contributed by atoms with E-state index in [1.54, 1.807) is 12.1 Å². The van der Waals surface area contributed by atoms with Crippen LogP contribution in [-0.2, 0) is 12.8 Å². The molecule has 1 radical (unpaired) electrons. The summed E-state index contributed by atoms with van der Waals surface area (Å²) in [6.45, 7) is -1.45. The lowest BCUT2D eigenvalue weighted by molar-refractivity contribution is -0.0505. The zero-order valence-electron chi connectivity index (χ0n) is 21.7. The molecule has 4 aromatic rings. The molecular formula is C28H27BBrF4N2O4. The maximum absolute atomic E-state index is 12.0. The molecule has 2 aromatic heterocycles. The number of aryl methyl sites for hydroxylation is 2. The van der Waals surface area contributed by atoms with E-state index in [0.717, 1.165) is 34.3 Å². The lowest BCUT2D eigenvalue weighted by Crippen LogP contribution is -2.02. The summed E-state index contributed by atoms with van der Waals surface area (Å²) in [6.07, 6.45) is 5.69. The van der Waals surface area contributed by atoms with Crippen LogP contribution in [0.3, 0.4) is 0 Å². The lowest BCUT2D eigenvalue weighted by atomic mass is 10.1. The smallest absolute Gasteiger partial charge is 0.537 e. The van der Waals surface area contributed by atoms with Gasteiger partial charge in [0.25, 0.3) is 0 Å². The van der Waals surface area contributed by atoms with Crippen LogP contribution in [0.15, 0.2) is 89.8 Å². The van der Waals surface area contributed by atoms with Crippen LogP contribution in [0.25, 0.3) is 11.3 Å². The molecule has 6 nitrogen and oxygen atoms in total. The number of ether oxygens (including phenoxy) is 2. The average molecular weight is 622 g/mol. The van der Waals surface area contributed by atoms with Gasteiger partial charge in [-0.1, -0.05) is 26.0 Å². The van der Waals surface area contributed by atoms with Gasteiger partial charge in [-0.15, -0.1) is 0 Å². The topological polar surface area (TPSA) is 73.7 Å². The highest BCUT2D eigenvalue weighted by atomic mass is 79.9. The molecule has 0 spiro atoms. The average Bonchev–Trinajstić information content (AvgIpc) is 2.95. The number of nitrogens with zero attached hydrogens (tertiary/aromatic N) is 2. The molecule has 2 heterocycles. The molecule has 0 bridgehead atoms. The van der Waals surface area contributed by atoms with E-state index in [1.165, 1.54) is 42.0 Å². The van der Waals surface area contributed by atoms with Gasteiger partial charge in [-0.2, -0.15) is 17.6 Å². The Kier molecular flexibility index (Phi) is 14.5. The van der Waals surface area contributed by atoms with Gasteiger partial charge in [-0.25, -0.2) is 4.98 Å². The molecule has 0 aliphatic heterocycles. The Balaban J connectivity index is 0.000000224. The van der Waals surface area contributed by atoms with Crippen LogP contribution in [0.1, 0.15) is 25.0 Å². The number of rotatable bonds is 9. The van der Waals surface area contributed by atoms with E-state index < -0.39 is 13.2 Å². The van der Waals surface area contributed by atoms with E-state index in [9.17, 15) is 17.6 Å². The highest BCUT2D eigenvalue weighted by Gasteiger charge is 2.05. The maximum atomic E-state index is 12.0. The third kappa shape index (κ3) is 12.5. The molecular weight excluding hydrogens is 595 g/mol. The second-order valence-corrected chi connectivity index (χ2v) is 8.54. The minimum absolute atomic E-state index is 0.0419. The van der Waals surface area contributed by atoms with Gasteiger partial charge in [-0.3, -0.25) is 4.98 Å². The van der Waals surface area contributed by atoms with Crippen molar-refractivity contribution in [2.24, 2.45) is 0 Å². The van der Waals surface area contributed by atoms with Crippen LogP contribution >= 0.6 is 15.9 Å². The summed E-state index contributed by atoms with van der Waals surface area (Å²) in [4.78, 5) is 8.39. The Morgan fingerprint density at radius 3 is 1.57 bits per heavy atom. The number of benzene rings is 2. The number of pyridine rings is 2. The van der Waals surface area contributed by atoms with Crippen LogP contribution in [0.4, 0.5) is 17.6 Å². The monoisotopic (exact) mass is 621 g/mol. The number of hydrogen-bond donors (Lipinski definition) is 1. The Morgan fingerprint density at radius 1 is 0.700 bits per heavy atom. The van der Waals surface area contributed by atoms with Crippen LogP contribution < -0.4 is 14.1 Å². The van der Waals surface area contributed by atoms with Crippen LogP contribution in [0, 0.1) is 0 Å². The third-order valence-electron chi connectivity index (χ3n) is 5.04. The van der Waals surface area contributed by atoms with Crippen molar-refractivity contribution in [3.05, 3.63) is 101 Å². The Bertz CT molecular complexity index is 1240. The minimum atomic E-state index is -2.84. The molecule has 0 amide bonds. The summed E-state index contributed by atoms with van der Waals surface area (Å²) < 4.78 is 61.2. The fourth-order valence-electron chi connectivity index (χ4n) is 2.99. The minimum Gasteiger partial charge on any atom is -0.537 e. The van der Waals surface area contributed by atoms with E-state index in [4.69, 9.17) is 5.02 Å². The normalized spacial score (nSPS) is 10.2. The van der Waals surface area contributed by atoms with Gasteiger partial charge in [0.15, 0.2) is 0 Å². The van der Waals surface area contributed by atoms with E-state index in [1.807, 2.05) is 30.6 Å². The number of hydrogen-bond acceptors (Lipinski definition) is 6. The van der Waals surface area contributed by atoms with Crippen molar-refractivity contribution in [2.75, 3.05) is 0 Å². The summed E-state index contributed by atoms with van der Waals surface area (Å²) in [5, 5.41) is 8.24. The lowest BCUT2D eigenvalue weighted by Gasteiger charge is -2.06. The first-order valence-electron chi connectivity index (χ1n) is 12.0. The predicted molar refractivity (Wildman–Crippen MR) is 149 cm³/mol. The van der Waals surface area contributed by atoms with Gasteiger partial charge in [-0.05, 0) is 101 Å². The van der Waals surface area contributed by atoms with E-state index in [0.29, 0.717) is 13.4 Å². The summed E-state index contributed by atoms with van der Waals surface area (Å²) >= 11 is 3.26. The Hall–Kier alpha value is -3.64. The summed E-state index contributed by atoms with van der Waals surface area (Å²) in [5.41, 5.74) is 4.13. The molecule has 0 aliphatic rings. The molecule has 211 valence electrons.